The standard InChI is InChI=1S/C16H20N8/c1-21-9-10-22(2)15(21)19-17-13-5-7-14(8-6-13)18-20-16-23(3)11-12-24(16)4/h5-12H,1-4H3/q+2. The molecular weight excluding hydrogens is 304 g/mol. The first-order chi connectivity index (χ1) is 11.5. The number of imidazole rings is 2. The van der Waals surface area contributed by atoms with Crippen molar-refractivity contribution < 1.29 is 9.13 Å². The van der Waals surface area contributed by atoms with E-state index in [1.807, 2.05) is 95.5 Å². The molecule has 0 fully saturated rings. The summed E-state index contributed by atoms with van der Waals surface area (Å²) >= 11 is 0. The van der Waals surface area contributed by atoms with Gasteiger partial charge in [-0.1, -0.05) is 10.2 Å². The summed E-state index contributed by atoms with van der Waals surface area (Å²) in [6.07, 6.45) is 7.73. The fourth-order valence-electron chi connectivity index (χ4n) is 2.24. The van der Waals surface area contributed by atoms with E-state index in [4.69, 9.17) is 0 Å². The molecule has 3 rings (SSSR count). The van der Waals surface area contributed by atoms with Crippen LogP contribution in [0.3, 0.4) is 0 Å². The Morgan fingerprint density at radius 2 is 1.04 bits per heavy atom. The van der Waals surface area contributed by atoms with Crippen molar-refractivity contribution in [3.05, 3.63) is 49.1 Å². The average molecular weight is 324 g/mol. The van der Waals surface area contributed by atoms with Crippen LogP contribution in [-0.4, -0.2) is 9.13 Å². The molecular formula is C16H20N8+2. The van der Waals surface area contributed by atoms with Crippen LogP contribution in [0.5, 0.6) is 0 Å². The Morgan fingerprint density at radius 1 is 0.667 bits per heavy atom. The van der Waals surface area contributed by atoms with Crippen molar-refractivity contribution in [1.29, 1.82) is 0 Å². The number of hydrogen-bond donors (Lipinski definition) is 0. The van der Waals surface area contributed by atoms with E-state index in [0.717, 1.165) is 23.3 Å². The van der Waals surface area contributed by atoms with E-state index in [1.54, 1.807) is 0 Å². The zero-order chi connectivity index (χ0) is 17.1. The normalized spacial score (nSPS) is 11.8. The number of azo groups is 2. The minimum absolute atomic E-state index is 0.763. The van der Waals surface area contributed by atoms with E-state index in [2.05, 4.69) is 20.5 Å². The Morgan fingerprint density at radius 3 is 1.33 bits per heavy atom. The molecule has 0 radical (unpaired) electrons. The SMILES string of the molecule is Cn1cc[n+](C)c1N=Nc1ccc(N=Nc2n(C)cc[n+]2C)cc1. The molecule has 0 aliphatic carbocycles. The van der Waals surface area contributed by atoms with Gasteiger partial charge in [-0.15, -0.1) is 0 Å². The van der Waals surface area contributed by atoms with E-state index in [1.165, 1.54) is 0 Å². The van der Waals surface area contributed by atoms with Crippen LogP contribution in [0.4, 0.5) is 23.3 Å². The van der Waals surface area contributed by atoms with Crippen molar-refractivity contribution in [3.8, 4) is 0 Å². The lowest BCUT2D eigenvalue weighted by molar-refractivity contribution is -0.657. The highest BCUT2D eigenvalue weighted by Crippen LogP contribution is 2.21. The van der Waals surface area contributed by atoms with Gasteiger partial charge in [-0.2, -0.15) is 0 Å². The third-order valence-corrected chi connectivity index (χ3v) is 3.65. The fraction of sp³-hybridized carbons (Fsp3) is 0.250. The Kier molecular flexibility index (Phi) is 4.28. The summed E-state index contributed by atoms with van der Waals surface area (Å²) in [6.45, 7) is 0. The van der Waals surface area contributed by atoms with Crippen molar-refractivity contribution >= 4 is 23.3 Å². The number of aryl methyl sites for hydroxylation is 4. The summed E-state index contributed by atoms with van der Waals surface area (Å²) in [5.41, 5.74) is 1.53. The topological polar surface area (TPSA) is 67.1 Å². The molecule has 8 heteroatoms. The number of aromatic nitrogens is 4. The number of nitrogens with zero attached hydrogens (tertiary/aromatic N) is 8. The molecule has 0 saturated heterocycles. The van der Waals surface area contributed by atoms with Crippen LogP contribution in [0.1, 0.15) is 0 Å². The van der Waals surface area contributed by atoms with Crippen LogP contribution in [0, 0.1) is 0 Å². The maximum Gasteiger partial charge on any atom is 0.421 e. The molecule has 0 unspecified atom stereocenters. The first-order valence-electron chi connectivity index (χ1n) is 7.50. The van der Waals surface area contributed by atoms with E-state index in [-0.39, 0.29) is 0 Å². The third-order valence-electron chi connectivity index (χ3n) is 3.65. The Bertz CT molecular complexity index is 785. The monoisotopic (exact) mass is 324 g/mol. The maximum atomic E-state index is 4.27. The summed E-state index contributed by atoms with van der Waals surface area (Å²) in [4.78, 5) is 0. The van der Waals surface area contributed by atoms with Crippen LogP contribution >= 0.6 is 0 Å². The summed E-state index contributed by atoms with van der Waals surface area (Å²) in [7, 11) is 7.73. The van der Waals surface area contributed by atoms with Gasteiger partial charge in [0.2, 0.25) is 0 Å². The highest BCUT2D eigenvalue weighted by Gasteiger charge is 2.11. The molecule has 0 spiro atoms. The van der Waals surface area contributed by atoms with Crippen molar-refractivity contribution in [2.45, 2.75) is 0 Å². The summed E-state index contributed by atoms with van der Waals surface area (Å²) in [6, 6.07) is 7.47. The molecule has 0 atom stereocenters. The lowest BCUT2D eigenvalue weighted by atomic mass is 10.3. The Hall–Kier alpha value is -3.16. The fourth-order valence-corrected chi connectivity index (χ4v) is 2.24. The molecule has 122 valence electrons. The van der Waals surface area contributed by atoms with Gasteiger partial charge in [0, 0.05) is 10.2 Å². The van der Waals surface area contributed by atoms with Crippen LogP contribution < -0.4 is 9.13 Å². The van der Waals surface area contributed by atoms with Gasteiger partial charge in [-0.3, -0.25) is 0 Å². The molecule has 0 aliphatic rings. The first-order valence-corrected chi connectivity index (χ1v) is 7.50. The predicted molar refractivity (Wildman–Crippen MR) is 88.0 cm³/mol. The highest BCUT2D eigenvalue weighted by atomic mass is 15.3. The number of rotatable bonds is 4. The highest BCUT2D eigenvalue weighted by molar-refractivity contribution is 5.46. The van der Waals surface area contributed by atoms with Gasteiger partial charge in [-0.25, -0.2) is 18.3 Å². The quantitative estimate of drug-likeness (QED) is 0.523. The molecule has 0 N–H and O–H groups in total. The van der Waals surface area contributed by atoms with E-state index in [9.17, 15) is 0 Å². The van der Waals surface area contributed by atoms with Crippen LogP contribution in [0.2, 0.25) is 0 Å². The van der Waals surface area contributed by atoms with Gasteiger partial charge < -0.3 is 0 Å². The molecule has 0 saturated carbocycles. The second-order valence-corrected chi connectivity index (χ2v) is 5.56. The van der Waals surface area contributed by atoms with Gasteiger partial charge in [0.05, 0.1) is 53.0 Å². The van der Waals surface area contributed by atoms with Crippen LogP contribution in [0.15, 0.2) is 69.5 Å². The maximum absolute atomic E-state index is 4.27. The average Bonchev–Trinajstić information content (AvgIpc) is 3.07. The summed E-state index contributed by atoms with van der Waals surface area (Å²) in [5.74, 6) is 1.55. The minimum Gasteiger partial charge on any atom is -0.233 e. The molecule has 1 aromatic carbocycles. The van der Waals surface area contributed by atoms with Crippen molar-refractivity contribution in [1.82, 2.24) is 9.13 Å². The van der Waals surface area contributed by atoms with Crippen molar-refractivity contribution in [2.24, 2.45) is 48.6 Å². The zero-order valence-corrected chi connectivity index (χ0v) is 14.2. The van der Waals surface area contributed by atoms with Crippen LogP contribution in [0.25, 0.3) is 0 Å². The second kappa shape index (κ2) is 6.53. The number of benzene rings is 1. The molecule has 0 bridgehead atoms. The largest absolute Gasteiger partial charge is 0.421 e. The summed E-state index contributed by atoms with van der Waals surface area (Å²) < 4.78 is 7.63. The van der Waals surface area contributed by atoms with Gasteiger partial charge in [0.1, 0.15) is 11.4 Å². The van der Waals surface area contributed by atoms with Gasteiger partial charge in [0.25, 0.3) is 0 Å². The minimum atomic E-state index is 0.763. The van der Waals surface area contributed by atoms with E-state index >= 15 is 0 Å². The molecule has 24 heavy (non-hydrogen) atoms. The first kappa shape index (κ1) is 15.7. The molecule has 2 heterocycles. The Balaban J connectivity index is 1.74. The van der Waals surface area contributed by atoms with Gasteiger partial charge in [-0.05, 0) is 24.3 Å². The molecule has 0 aliphatic heterocycles. The number of hydrogen-bond acceptors (Lipinski definition) is 4. The predicted octanol–water partition coefficient (Wildman–Crippen LogP) is 2.84. The molecule has 8 nitrogen and oxygen atoms in total. The Labute approximate surface area is 140 Å². The van der Waals surface area contributed by atoms with Crippen molar-refractivity contribution in [2.75, 3.05) is 0 Å². The van der Waals surface area contributed by atoms with E-state index < -0.39 is 0 Å². The van der Waals surface area contributed by atoms with Crippen molar-refractivity contribution in [3.63, 3.8) is 0 Å². The van der Waals surface area contributed by atoms with E-state index in [0.29, 0.717) is 0 Å². The lowest BCUT2D eigenvalue weighted by Gasteiger charge is -1.92. The molecule has 2 aromatic heterocycles. The van der Waals surface area contributed by atoms with Gasteiger partial charge in [0.15, 0.2) is 0 Å². The lowest BCUT2D eigenvalue weighted by Crippen LogP contribution is -2.25. The smallest absolute Gasteiger partial charge is 0.233 e. The summed E-state index contributed by atoms with van der Waals surface area (Å²) in [5, 5.41) is 17.0. The third kappa shape index (κ3) is 3.27. The second-order valence-electron chi connectivity index (χ2n) is 5.56. The molecule has 3 aromatic rings. The van der Waals surface area contributed by atoms with Gasteiger partial charge >= 0.3 is 11.9 Å². The zero-order valence-electron chi connectivity index (χ0n) is 14.2. The molecule has 0 amide bonds. The van der Waals surface area contributed by atoms with Crippen LogP contribution in [-0.2, 0) is 28.2 Å².